The molecule has 1 saturated heterocycles. The van der Waals surface area contributed by atoms with Gasteiger partial charge in [0.2, 0.25) is 5.91 Å². The minimum absolute atomic E-state index is 0.124. The number of carbonyl (C=O) groups is 1. The van der Waals surface area contributed by atoms with Gasteiger partial charge >= 0.3 is 0 Å². The Morgan fingerprint density at radius 1 is 1.13 bits per heavy atom. The Kier molecular flexibility index (Phi) is 5.78. The highest BCUT2D eigenvalue weighted by molar-refractivity contribution is 5.81. The Hall–Kier alpha value is -2.82. The molecular weight excluding hydrogens is 386 g/mol. The van der Waals surface area contributed by atoms with Crippen molar-refractivity contribution in [2.75, 3.05) is 13.2 Å². The molecule has 0 saturated carbocycles. The molecule has 0 bridgehead atoms. The van der Waals surface area contributed by atoms with Gasteiger partial charge in [-0.05, 0) is 64.8 Å². The van der Waals surface area contributed by atoms with E-state index in [4.69, 9.17) is 9.72 Å². The molecule has 1 unspecified atom stereocenters. The number of ether oxygens (including phenoxy) is 1. The van der Waals surface area contributed by atoms with Crippen molar-refractivity contribution >= 4 is 16.9 Å². The Labute approximate surface area is 185 Å². The summed E-state index contributed by atoms with van der Waals surface area (Å²) in [5.41, 5.74) is 4.37. The predicted molar refractivity (Wildman–Crippen MR) is 125 cm³/mol. The van der Waals surface area contributed by atoms with Crippen molar-refractivity contribution in [2.45, 2.75) is 65.5 Å². The van der Waals surface area contributed by atoms with Crippen LogP contribution >= 0.6 is 0 Å². The number of fused-ring (bicyclic) bond motifs is 1. The van der Waals surface area contributed by atoms with Crippen molar-refractivity contribution in [1.82, 2.24) is 14.5 Å². The van der Waals surface area contributed by atoms with Crippen molar-refractivity contribution in [3.05, 3.63) is 59.4 Å². The van der Waals surface area contributed by atoms with Gasteiger partial charge in [0.1, 0.15) is 11.6 Å². The quantitative estimate of drug-likeness (QED) is 0.514. The maximum Gasteiger partial charge on any atom is 0.223 e. The molecule has 31 heavy (non-hydrogen) atoms. The minimum Gasteiger partial charge on any atom is -0.493 e. The summed E-state index contributed by atoms with van der Waals surface area (Å²) in [4.78, 5) is 19.6. The van der Waals surface area contributed by atoms with E-state index in [0.29, 0.717) is 13.0 Å². The molecule has 164 valence electrons. The highest BCUT2D eigenvalue weighted by Crippen LogP contribution is 2.34. The highest BCUT2D eigenvalue weighted by atomic mass is 16.5. The number of nitrogens with zero attached hydrogens (tertiary/aromatic N) is 3. The molecule has 3 aromatic rings. The first-order chi connectivity index (χ1) is 14.7. The molecule has 0 aliphatic carbocycles. The number of imidazole rings is 1. The van der Waals surface area contributed by atoms with Crippen LogP contribution in [0.15, 0.2) is 42.5 Å². The number of likely N-dealkylation sites (tertiary alicyclic amines) is 1. The SMILES string of the molecule is Cc1ccc(OCCCn2c(C3CC(=O)N(C(C)(C)C)C3)nc3ccccc32)c(C)c1. The maximum atomic E-state index is 12.7. The molecule has 1 fully saturated rings. The molecule has 1 aromatic heterocycles. The van der Waals surface area contributed by atoms with Gasteiger partial charge in [0.25, 0.3) is 0 Å². The molecule has 1 amide bonds. The minimum atomic E-state index is -0.164. The molecule has 0 spiro atoms. The third-order valence-electron chi connectivity index (χ3n) is 6.10. The largest absolute Gasteiger partial charge is 0.493 e. The molecule has 2 heterocycles. The molecule has 5 heteroatoms. The second kappa shape index (κ2) is 8.37. The van der Waals surface area contributed by atoms with Crippen molar-refractivity contribution in [3.8, 4) is 5.75 Å². The van der Waals surface area contributed by atoms with E-state index in [2.05, 4.69) is 69.5 Å². The standard InChI is InChI=1S/C26H33N3O2/c1-18-11-12-23(19(2)15-18)31-14-8-13-28-22-10-7-6-9-21(22)27-25(28)20-16-24(30)29(17-20)26(3,4)5/h6-7,9-12,15,20H,8,13-14,16-17H2,1-5H3. The molecule has 5 nitrogen and oxygen atoms in total. The van der Waals surface area contributed by atoms with Crippen LogP contribution in [0, 0.1) is 13.8 Å². The van der Waals surface area contributed by atoms with Crippen LogP contribution in [-0.4, -0.2) is 39.0 Å². The number of benzene rings is 2. The van der Waals surface area contributed by atoms with Crippen LogP contribution in [0.2, 0.25) is 0 Å². The van der Waals surface area contributed by atoms with Crippen LogP contribution in [0.4, 0.5) is 0 Å². The van der Waals surface area contributed by atoms with Crippen molar-refractivity contribution in [1.29, 1.82) is 0 Å². The summed E-state index contributed by atoms with van der Waals surface area (Å²) in [6.45, 7) is 12.7. The van der Waals surface area contributed by atoms with Gasteiger partial charge in [0, 0.05) is 31.0 Å². The van der Waals surface area contributed by atoms with E-state index in [-0.39, 0.29) is 17.4 Å². The van der Waals surface area contributed by atoms with Gasteiger partial charge in [-0.1, -0.05) is 29.8 Å². The fraction of sp³-hybridized carbons (Fsp3) is 0.462. The number of amides is 1. The first-order valence-electron chi connectivity index (χ1n) is 11.2. The van der Waals surface area contributed by atoms with E-state index in [0.717, 1.165) is 42.1 Å². The molecule has 1 aliphatic rings. The lowest BCUT2D eigenvalue weighted by Crippen LogP contribution is -2.42. The zero-order valence-electron chi connectivity index (χ0n) is 19.3. The lowest BCUT2D eigenvalue weighted by Gasteiger charge is -2.32. The molecule has 1 aliphatic heterocycles. The van der Waals surface area contributed by atoms with Gasteiger partial charge in [0.05, 0.1) is 17.6 Å². The number of rotatable bonds is 6. The first-order valence-corrected chi connectivity index (χ1v) is 11.2. The van der Waals surface area contributed by atoms with Gasteiger partial charge in [-0.25, -0.2) is 4.98 Å². The Bertz CT molecular complexity index is 1090. The smallest absolute Gasteiger partial charge is 0.223 e. The average molecular weight is 420 g/mol. The van der Waals surface area contributed by atoms with E-state index in [1.165, 1.54) is 11.1 Å². The summed E-state index contributed by atoms with van der Waals surface area (Å²) >= 11 is 0. The van der Waals surface area contributed by atoms with Gasteiger partial charge in [-0.2, -0.15) is 0 Å². The number of aryl methyl sites for hydroxylation is 3. The number of carbonyl (C=O) groups excluding carboxylic acids is 1. The fourth-order valence-electron chi connectivity index (χ4n) is 4.54. The Balaban J connectivity index is 1.51. The zero-order valence-corrected chi connectivity index (χ0v) is 19.3. The molecule has 0 radical (unpaired) electrons. The van der Waals surface area contributed by atoms with E-state index in [1.54, 1.807) is 0 Å². The van der Waals surface area contributed by atoms with E-state index in [1.807, 2.05) is 17.0 Å². The van der Waals surface area contributed by atoms with Crippen LogP contribution in [0.25, 0.3) is 11.0 Å². The molecule has 0 N–H and O–H groups in total. The van der Waals surface area contributed by atoms with Gasteiger partial charge in [-0.15, -0.1) is 0 Å². The normalized spacial score (nSPS) is 17.0. The fourth-order valence-corrected chi connectivity index (χ4v) is 4.54. The van der Waals surface area contributed by atoms with E-state index < -0.39 is 0 Å². The summed E-state index contributed by atoms with van der Waals surface area (Å²) in [7, 11) is 0. The van der Waals surface area contributed by atoms with Gasteiger partial charge < -0.3 is 14.2 Å². The predicted octanol–water partition coefficient (Wildman–Crippen LogP) is 5.24. The second-order valence-electron chi connectivity index (χ2n) is 9.66. The Morgan fingerprint density at radius 2 is 1.90 bits per heavy atom. The van der Waals surface area contributed by atoms with Gasteiger partial charge in [0.15, 0.2) is 0 Å². The van der Waals surface area contributed by atoms with Crippen LogP contribution < -0.4 is 4.74 Å². The summed E-state index contributed by atoms with van der Waals surface area (Å²) in [5.74, 6) is 2.31. The number of hydrogen-bond donors (Lipinski definition) is 0. The number of para-hydroxylation sites is 2. The molecule has 4 rings (SSSR count). The average Bonchev–Trinajstić information content (AvgIpc) is 3.27. The molecule has 1 atom stereocenters. The number of hydrogen-bond acceptors (Lipinski definition) is 3. The zero-order chi connectivity index (χ0) is 22.2. The summed E-state index contributed by atoms with van der Waals surface area (Å²) < 4.78 is 8.35. The number of aromatic nitrogens is 2. The Morgan fingerprint density at radius 3 is 2.61 bits per heavy atom. The van der Waals surface area contributed by atoms with Gasteiger partial charge in [-0.3, -0.25) is 4.79 Å². The van der Waals surface area contributed by atoms with Crippen LogP contribution in [0.1, 0.15) is 56.5 Å². The van der Waals surface area contributed by atoms with Crippen molar-refractivity contribution in [2.24, 2.45) is 0 Å². The molecule has 2 aromatic carbocycles. The van der Waals surface area contributed by atoms with Crippen LogP contribution in [0.5, 0.6) is 5.75 Å². The lowest BCUT2D eigenvalue weighted by molar-refractivity contribution is -0.131. The van der Waals surface area contributed by atoms with Crippen molar-refractivity contribution < 1.29 is 9.53 Å². The summed E-state index contributed by atoms with van der Waals surface area (Å²) in [6.07, 6.45) is 1.41. The first kappa shape index (κ1) is 21.4. The third-order valence-corrected chi connectivity index (χ3v) is 6.10. The molecular formula is C26H33N3O2. The second-order valence-corrected chi connectivity index (χ2v) is 9.66. The topological polar surface area (TPSA) is 47.4 Å². The maximum absolute atomic E-state index is 12.7. The third kappa shape index (κ3) is 4.46. The van der Waals surface area contributed by atoms with E-state index >= 15 is 0 Å². The summed E-state index contributed by atoms with van der Waals surface area (Å²) in [6, 6.07) is 14.5. The summed E-state index contributed by atoms with van der Waals surface area (Å²) in [5, 5.41) is 0. The lowest BCUT2D eigenvalue weighted by atomic mass is 10.1. The van der Waals surface area contributed by atoms with Crippen molar-refractivity contribution in [3.63, 3.8) is 0 Å². The highest BCUT2D eigenvalue weighted by Gasteiger charge is 2.38. The monoisotopic (exact) mass is 419 g/mol. The van der Waals surface area contributed by atoms with E-state index in [9.17, 15) is 4.79 Å². The van der Waals surface area contributed by atoms with Crippen LogP contribution in [0.3, 0.4) is 0 Å². The van der Waals surface area contributed by atoms with Crippen LogP contribution in [-0.2, 0) is 11.3 Å².